The summed E-state index contributed by atoms with van der Waals surface area (Å²) in [5.41, 5.74) is 2.77. The Morgan fingerprint density at radius 2 is 1.85 bits per heavy atom. The molecule has 2 atom stereocenters. The molecular formula is C23H29NO3. The number of hydrogen-bond donors (Lipinski definition) is 0. The van der Waals surface area contributed by atoms with Crippen LogP contribution in [0.1, 0.15) is 69.0 Å². The Balaban J connectivity index is 1.56. The monoisotopic (exact) mass is 367 g/mol. The van der Waals surface area contributed by atoms with Crippen LogP contribution in [0.2, 0.25) is 0 Å². The molecule has 2 aliphatic heterocycles. The summed E-state index contributed by atoms with van der Waals surface area (Å²) in [5.74, 6) is 2.22. The van der Waals surface area contributed by atoms with Gasteiger partial charge in [-0.1, -0.05) is 25.0 Å². The Bertz CT molecular complexity index is 778. The lowest BCUT2D eigenvalue weighted by molar-refractivity contribution is -0.139. The molecule has 4 nitrogen and oxygen atoms in total. The van der Waals surface area contributed by atoms with Crippen LogP contribution in [0.15, 0.2) is 24.3 Å². The first-order chi connectivity index (χ1) is 13.2. The van der Waals surface area contributed by atoms with Gasteiger partial charge in [0.25, 0.3) is 0 Å². The van der Waals surface area contributed by atoms with Gasteiger partial charge < -0.3 is 14.4 Å². The molecule has 0 aromatic heterocycles. The van der Waals surface area contributed by atoms with Crippen LogP contribution in [0, 0.1) is 5.92 Å². The predicted octanol–water partition coefficient (Wildman–Crippen LogP) is 4.53. The van der Waals surface area contributed by atoms with Crippen LogP contribution in [0.4, 0.5) is 0 Å². The highest BCUT2D eigenvalue weighted by atomic mass is 16.6. The molecule has 1 saturated carbocycles. The van der Waals surface area contributed by atoms with Crippen molar-refractivity contribution in [3.05, 3.63) is 35.4 Å². The van der Waals surface area contributed by atoms with Crippen molar-refractivity contribution in [2.45, 2.75) is 63.3 Å². The largest absolute Gasteiger partial charge is 0.486 e. The van der Waals surface area contributed by atoms with Gasteiger partial charge in [-0.2, -0.15) is 0 Å². The second kappa shape index (κ2) is 6.57. The van der Waals surface area contributed by atoms with Crippen molar-refractivity contribution in [3.8, 4) is 11.5 Å². The fraction of sp³-hybridized carbons (Fsp3) is 0.609. The van der Waals surface area contributed by atoms with Crippen molar-refractivity contribution in [1.29, 1.82) is 0 Å². The molecule has 4 heteroatoms. The third kappa shape index (κ3) is 2.76. The predicted molar refractivity (Wildman–Crippen MR) is 104 cm³/mol. The first-order valence-electron chi connectivity index (χ1n) is 10.6. The van der Waals surface area contributed by atoms with Gasteiger partial charge in [0.1, 0.15) is 13.2 Å². The van der Waals surface area contributed by atoms with Crippen LogP contribution in [-0.2, 0) is 10.2 Å². The van der Waals surface area contributed by atoms with E-state index in [1.807, 2.05) is 0 Å². The molecule has 1 spiro atoms. The number of carbonyl (C=O) groups excluding carboxylic acids is 1. The average Bonchev–Trinajstić information content (AvgIpc) is 3.19. The topological polar surface area (TPSA) is 38.8 Å². The molecule has 0 radical (unpaired) electrons. The maximum atomic E-state index is 13.4. The number of hydrogen-bond acceptors (Lipinski definition) is 3. The molecule has 0 bridgehead atoms. The summed E-state index contributed by atoms with van der Waals surface area (Å²) < 4.78 is 11.7. The van der Waals surface area contributed by atoms with E-state index in [0.717, 1.165) is 37.3 Å². The molecular weight excluding hydrogens is 338 g/mol. The molecule has 1 fully saturated rings. The van der Waals surface area contributed by atoms with Gasteiger partial charge >= 0.3 is 0 Å². The number of fused-ring (bicyclic) bond motifs is 3. The third-order valence-electron chi connectivity index (χ3n) is 7.14. The van der Waals surface area contributed by atoms with Crippen molar-refractivity contribution < 1.29 is 14.3 Å². The maximum Gasteiger partial charge on any atom is 0.226 e. The smallest absolute Gasteiger partial charge is 0.226 e. The van der Waals surface area contributed by atoms with E-state index in [2.05, 4.69) is 36.1 Å². The van der Waals surface area contributed by atoms with Crippen molar-refractivity contribution >= 4 is 5.91 Å². The van der Waals surface area contributed by atoms with Gasteiger partial charge in [-0.25, -0.2) is 0 Å². The quantitative estimate of drug-likeness (QED) is 0.685. The van der Waals surface area contributed by atoms with Crippen LogP contribution in [-0.4, -0.2) is 30.6 Å². The molecule has 1 aromatic rings. The van der Waals surface area contributed by atoms with Gasteiger partial charge in [0.2, 0.25) is 5.91 Å². The minimum Gasteiger partial charge on any atom is -0.486 e. The molecule has 0 saturated heterocycles. The maximum absolute atomic E-state index is 13.4. The lowest BCUT2D eigenvalue weighted by Gasteiger charge is -2.47. The van der Waals surface area contributed by atoms with Crippen molar-refractivity contribution in [1.82, 2.24) is 4.90 Å². The zero-order valence-electron chi connectivity index (χ0n) is 16.2. The highest BCUT2D eigenvalue weighted by Crippen LogP contribution is 2.52. The standard InChI is InChI=1S/C23H29NO3/c1-16-18-13-20-21(27-12-11-26-20)14-19(18)23(9-5-6-10-23)15-24(16)22(25)17-7-3-2-4-8-17/h2-3,13-14,16-17H,4-12,15H2,1H3. The zero-order chi connectivity index (χ0) is 18.4. The number of amides is 1. The Labute approximate surface area is 161 Å². The minimum absolute atomic E-state index is 0.0951. The van der Waals surface area contributed by atoms with Gasteiger partial charge in [0.15, 0.2) is 11.5 Å². The summed E-state index contributed by atoms with van der Waals surface area (Å²) in [6.45, 7) is 4.27. The van der Waals surface area contributed by atoms with E-state index in [4.69, 9.17) is 9.47 Å². The Morgan fingerprint density at radius 3 is 2.56 bits per heavy atom. The van der Waals surface area contributed by atoms with E-state index in [1.165, 1.54) is 36.8 Å². The van der Waals surface area contributed by atoms with Crippen molar-refractivity contribution in [3.63, 3.8) is 0 Å². The second-order valence-electron chi connectivity index (χ2n) is 8.69. The summed E-state index contributed by atoms with van der Waals surface area (Å²) in [6, 6.07) is 4.49. The number of nitrogens with zero attached hydrogens (tertiary/aromatic N) is 1. The Kier molecular flexibility index (Phi) is 4.18. The minimum atomic E-state index is 0.0951. The summed E-state index contributed by atoms with van der Waals surface area (Å²) >= 11 is 0. The van der Waals surface area contributed by atoms with Crippen molar-refractivity contribution in [2.24, 2.45) is 5.92 Å². The number of carbonyl (C=O) groups is 1. The number of benzene rings is 1. The van der Waals surface area contributed by atoms with Gasteiger partial charge in [-0.05, 0) is 62.3 Å². The van der Waals surface area contributed by atoms with Crippen LogP contribution in [0.3, 0.4) is 0 Å². The summed E-state index contributed by atoms with van der Waals surface area (Å²) in [5, 5.41) is 0. The lowest BCUT2D eigenvalue weighted by Crippen LogP contribution is -2.50. The normalized spacial score (nSPS) is 28.3. The second-order valence-corrected chi connectivity index (χ2v) is 8.69. The number of ether oxygens (including phenoxy) is 2. The van der Waals surface area contributed by atoms with E-state index in [-0.39, 0.29) is 17.4 Å². The fourth-order valence-corrected chi connectivity index (χ4v) is 5.63. The molecule has 144 valence electrons. The highest BCUT2D eigenvalue weighted by molar-refractivity contribution is 5.80. The van der Waals surface area contributed by atoms with Crippen LogP contribution < -0.4 is 9.47 Å². The summed E-state index contributed by atoms with van der Waals surface area (Å²) in [4.78, 5) is 15.6. The summed E-state index contributed by atoms with van der Waals surface area (Å²) in [7, 11) is 0. The van der Waals surface area contributed by atoms with Gasteiger partial charge in [0.05, 0.1) is 6.04 Å². The molecule has 2 heterocycles. The van der Waals surface area contributed by atoms with Crippen molar-refractivity contribution in [2.75, 3.05) is 19.8 Å². The first-order valence-corrected chi connectivity index (χ1v) is 10.6. The van der Waals surface area contributed by atoms with Gasteiger partial charge in [-0.3, -0.25) is 4.79 Å². The van der Waals surface area contributed by atoms with E-state index in [1.54, 1.807) is 0 Å². The third-order valence-corrected chi connectivity index (χ3v) is 7.14. The Hall–Kier alpha value is -1.97. The molecule has 4 aliphatic rings. The van der Waals surface area contributed by atoms with Gasteiger partial charge in [0, 0.05) is 17.9 Å². The fourth-order valence-electron chi connectivity index (χ4n) is 5.63. The SMILES string of the molecule is CC1c2cc3c(cc2C2(CCCC2)CN1C(=O)C1CC=CCC1)OCCO3. The van der Waals surface area contributed by atoms with E-state index in [9.17, 15) is 4.79 Å². The molecule has 5 rings (SSSR count). The molecule has 1 aromatic carbocycles. The van der Waals surface area contributed by atoms with E-state index in [0.29, 0.717) is 19.1 Å². The van der Waals surface area contributed by atoms with E-state index < -0.39 is 0 Å². The van der Waals surface area contributed by atoms with E-state index >= 15 is 0 Å². The Morgan fingerprint density at radius 1 is 1.11 bits per heavy atom. The number of allylic oxidation sites excluding steroid dienone is 2. The first kappa shape index (κ1) is 17.2. The van der Waals surface area contributed by atoms with Crippen LogP contribution in [0.25, 0.3) is 0 Å². The number of rotatable bonds is 1. The molecule has 1 amide bonds. The average molecular weight is 367 g/mol. The lowest BCUT2D eigenvalue weighted by atomic mass is 9.71. The molecule has 2 aliphatic carbocycles. The molecule has 0 N–H and O–H groups in total. The molecule has 2 unspecified atom stereocenters. The van der Waals surface area contributed by atoms with Gasteiger partial charge in [-0.15, -0.1) is 0 Å². The summed E-state index contributed by atoms with van der Waals surface area (Å²) in [6.07, 6.45) is 12.1. The molecule has 27 heavy (non-hydrogen) atoms. The highest BCUT2D eigenvalue weighted by Gasteiger charge is 2.47. The van der Waals surface area contributed by atoms with Crippen LogP contribution >= 0.6 is 0 Å². The zero-order valence-corrected chi connectivity index (χ0v) is 16.2. The van der Waals surface area contributed by atoms with Crippen LogP contribution in [0.5, 0.6) is 11.5 Å².